The normalized spacial score (nSPS) is 10.6. The molecule has 2 aromatic carbocycles. The summed E-state index contributed by atoms with van der Waals surface area (Å²) in [5.41, 5.74) is 6.48. The molecule has 2 amide bonds. The van der Waals surface area contributed by atoms with Gasteiger partial charge in [-0.05, 0) is 24.3 Å². The van der Waals surface area contributed by atoms with E-state index in [4.69, 9.17) is 10.5 Å². The quantitative estimate of drug-likeness (QED) is 0.736. The van der Waals surface area contributed by atoms with Gasteiger partial charge in [-0.15, -0.1) is 11.3 Å². The molecule has 0 aliphatic rings. The van der Waals surface area contributed by atoms with Gasteiger partial charge in [0.25, 0.3) is 11.8 Å². The van der Waals surface area contributed by atoms with Crippen LogP contribution in [0.25, 0.3) is 10.2 Å². The highest BCUT2D eigenvalue weighted by Crippen LogP contribution is 2.22. The molecule has 0 unspecified atom stereocenters. The van der Waals surface area contributed by atoms with Crippen LogP contribution >= 0.6 is 11.3 Å². The molecule has 6 nitrogen and oxygen atoms in total. The third kappa shape index (κ3) is 3.95. The van der Waals surface area contributed by atoms with E-state index in [1.54, 1.807) is 47.5 Å². The van der Waals surface area contributed by atoms with Crippen LogP contribution in [0, 0.1) is 0 Å². The van der Waals surface area contributed by atoms with Gasteiger partial charge in [-0.25, -0.2) is 4.98 Å². The Kier molecular flexibility index (Phi) is 4.95. The zero-order valence-corrected chi connectivity index (χ0v) is 14.5. The summed E-state index contributed by atoms with van der Waals surface area (Å²) >= 11 is 1.56. The number of nitrogens with zero attached hydrogens (tertiary/aromatic N) is 2. The van der Waals surface area contributed by atoms with Crippen molar-refractivity contribution in [3.05, 3.63) is 59.1 Å². The van der Waals surface area contributed by atoms with Crippen LogP contribution < -0.4 is 10.5 Å². The Bertz CT molecular complexity index is 890. The van der Waals surface area contributed by atoms with Gasteiger partial charge >= 0.3 is 0 Å². The van der Waals surface area contributed by atoms with Gasteiger partial charge in [0.15, 0.2) is 6.61 Å². The number of carbonyl (C=O) groups excluding carboxylic acids is 2. The number of nitrogens with two attached hydrogens (primary N) is 1. The minimum Gasteiger partial charge on any atom is -0.483 e. The Morgan fingerprint density at radius 3 is 2.64 bits per heavy atom. The highest BCUT2D eigenvalue weighted by molar-refractivity contribution is 7.18. The molecule has 25 heavy (non-hydrogen) atoms. The maximum atomic E-state index is 12.3. The zero-order valence-electron chi connectivity index (χ0n) is 13.6. The molecule has 0 fully saturated rings. The summed E-state index contributed by atoms with van der Waals surface area (Å²) in [6.07, 6.45) is 0. The summed E-state index contributed by atoms with van der Waals surface area (Å²) in [5.74, 6) is -0.499. The maximum absolute atomic E-state index is 12.3. The van der Waals surface area contributed by atoms with Crippen molar-refractivity contribution in [2.75, 3.05) is 13.7 Å². The summed E-state index contributed by atoms with van der Waals surface area (Å²) in [7, 11) is 1.69. The molecular formula is C18H17N3O3S. The molecule has 0 atom stereocenters. The van der Waals surface area contributed by atoms with Crippen molar-refractivity contribution in [2.45, 2.75) is 6.54 Å². The minimum absolute atomic E-state index is 0.175. The Morgan fingerprint density at radius 2 is 1.88 bits per heavy atom. The molecule has 0 spiro atoms. The van der Waals surface area contributed by atoms with E-state index < -0.39 is 5.91 Å². The van der Waals surface area contributed by atoms with Crippen molar-refractivity contribution in [1.29, 1.82) is 0 Å². The third-order valence-electron chi connectivity index (χ3n) is 3.64. The van der Waals surface area contributed by atoms with E-state index in [2.05, 4.69) is 4.98 Å². The first-order chi connectivity index (χ1) is 12.0. The van der Waals surface area contributed by atoms with Gasteiger partial charge < -0.3 is 15.4 Å². The summed E-state index contributed by atoms with van der Waals surface area (Å²) in [5, 5.41) is 0.856. The first-order valence-corrected chi connectivity index (χ1v) is 8.46. The topological polar surface area (TPSA) is 85.5 Å². The molecule has 0 radical (unpaired) electrons. The van der Waals surface area contributed by atoms with Crippen LogP contribution in [0.4, 0.5) is 0 Å². The van der Waals surface area contributed by atoms with Crippen LogP contribution in [0.3, 0.4) is 0 Å². The Hall–Kier alpha value is -2.93. The fraction of sp³-hybridized carbons (Fsp3) is 0.167. The molecule has 0 aliphatic carbocycles. The van der Waals surface area contributed by atoms with Crippen molar-refractivity contribution < 1.29 is 14.3 Å². The number of amides is 2. The highest BCUT2D eigenvalue weighted by Gasteiger charge is 2.15. The van der Waals surface area contributed by atoms with Crippen molar-refractivity contribution in [3.8, 4) is 5.75 Å². The fourth-order valence-corrected chi connectivity index (χ4v) is 3.35. The van der Waals surface area contributed by atoms with Crippen LogP contribution in [-0.4, -0.2) is 35.4 Å². The van der Waals surface area contributed by atoms with Crippen molar-refractivity contribution in [2.24, 2.45) is 5.73 Å². The van der Waals surface area contributed by atoms with E-state index in [0.29, 0.717) is 12.3 Å². The SMILES string of the molecule is CN(Cc1nc2ccccc2s1)C(=O)COc1ccccc1C(N)=O. The molecule has 128 valence electrons. The lowest BCUT2D eigenvalue weighted by Crippen LogP contribution is -2.31. The molecular weight excluding hydrogens is 338 g/mol. The average Bonchev–Trinajstić information content (AvgIpc) is 3.01. The number of para-hydroxylation sites is 2. The largest absolute Gasteiger partial charge is 0.483 e. The van der Waals surface area contributed by atoms with Gasteiger partial charge in [-0.1, -0.05) is 24.3 Å². The predicted molar refractivity (Wildman–Crippen MR) is 96.5 cm³/mol. The molecule has 0 bridgehead atoms. The number of benzene rings is 2. The number of aromatic nitrogens is 1. The monoisotopic (exact) mass is 355 g/mol. The minimum atomic E-state index is -0.592. The van der Waals surface area contributed by atoms with Gasteiger partial charge in [-0.3, -0.25) is 9.59 Å². The van der Waals surface area contributed by atoms with Crippen LogP contribution in [0.15, 0.2) is 48.5 Å². The number of likely N-dealkylation sites (N-methyl/N-ethyl adjacent to an activating group) is 1. The first kappa shape index (κ1) is 16.9. The van der Waals surface area contributed by atoms with Gasteiger partial charge in [0.05, 0.1) is 22.3 Å². The summed E-state index contributed by atoms with van der Waals surface area (Å²) in [6.45, 7) is 0.227. The number of fused-ring (bicyclic) bond motifs is 1. The molecule has 0 aliphatic heterocycles. The van der Waals surface area contributed by atoms with E-state index in [-0.39, 0.29) is 18.1 Å². The van der Waals surface area contributed by atoms with Crippen LogP contribution in [-0.2, 0) is 11.3 Å². The summed E-state index contributed by atoms with van der Waals surface area (Å²) in [6, 6.07) is 14.4. The van der Waals surface area contributed by atoms with E-state index in [1.807, 2.05) is 24.3 Å². The van der Waals surface area contributed by atoms with Crippen molar-refractivity contribution in [1.82, 2.24) is 9.88 Å². The van der Waals surface area contributed by atoms with Gasteiger partial charge in [0.2, 0.25) is 0 Å². The second kappa shape index (κ2) is 7.31. The summed E-state index contributed by atoms with van der Waals surface area (Å²) in [4.78, 5) is 29.7. The lowest BCUT2D eigenvalue weighted by molar-refractivity contribution is -0.132. The number of primary amides is 1. The van der Waals surface area contributed by atoms with Gasteiger partial charge in [0, 0.05) is 7.05 Å². The standard InChI is InChI=1S/C18H17N3O3S/c1-21(10-16-20-13-7-3-5-9-15(13)25-16)17(22)11-24-14-8-4-2-6-12(14)18(19)23/h2-9H,10-11H2,1H3,(H2,19,23). The molecule has 1 heterocycles. The smallest absolute Gasteiger partial charge is 0.260 e. The fourth-order valence-electron chi connectivity index (χ4n) is 2.32. The van der Waals surface area contributed by atoms with Crippen molar-refractivity contribution >= 4 is 33.4 Å². The summed E-state index contributed by atoms with van der Waals surface area (Å²) < 4.78 is 6.56. The lowest BCUT2D eigenvalue weighted by Gasteiger charge is -2.16. The number of thiazole rings is 1. The number of ether oxygens (including phenoxy) is 1. The van der Waals surface area contributed by atoms with Crippen molar-refractivity contribution in [3.63, 3.8) is 0 Å². The number of carbonyl (C=O) groups is 2. The molecule has 0 saturated heterocycles. The molecule has 1 aromatic heterocycles. The van der Waals surface area contributed by atoms with Crippen LogP contribution in [0.2, 0.25) is 0 Å². The zero-order chi connectivity index (χ0) is 17.8. The van der Waals surface area contributed by atoms with Gasteiger partial charge in [-0.2, -0.15) is 0 Å². The second-order valence-corrected chi connectivity index (χ2v) is 6.59. The van der Waals surface area contributed by atoms with E-state index in [0.717, 1.165) is 15.2 Å². The number of hydrogen-bond donors (Lipinski definition) is 1. The van der Waals surface area contributed by atoms with Gasteiger partial charge in [0.1, 0.15) is 10.8 Å². The first-order valence-electron chi connectivity index (χ1n) is 7.64. The number of rotatable bonds is 6. The lowest BCUT2D eigenvalue weighted by atomic mass is 10.2. The van der Waals surface area contributed by atoms with E-state index in [9.17, 15) is 9.59 Å². The molecule has 2 N–H and O–H groups in total. The van der Waals surface area contributed by atoms with E-state index in [1.165, 1.54) is 0 Å². The second-order valence-electron chi connectivity index (χ2n) is 5.47. The molecule has 0 saturated carbocycles. The molecule has 7 heteroatoms. The van der Waals surface area contributed by atoms with Crippen LogP contribution in [0.5, 0.6) is 5.75 Å². The highest BCUT2D eigenvalue weighted by atomic mass is 32.1. The number of hydrogen-bond acceptors (Lipinski definition) is 5. The predicted octanol–water partition coefficient (Wildman–Crippen LogP) is 2.43. The van der Waals surface area contributed by atoms with Crippen LogP contribution in [0.1, 0.15) is 15.4 Å². The third-order valence-corrected chi connectivity index (χ3v) is 4.66. The Balaban J connectivity index is 1.62. The average molecular weight is 355 g/mol. The molecule has 3 aromatic rings. The van der Waals surface area contributed by atoms with E-state index >= 15 is 0 Å². The Labute approximate surface area is 148 Å². The molecule has 3 rings (SSSR count). The maximum Gasteiger partial charge on any atom is 0.260 e. The Morgan fingerprint density at radius 1 is 1.16 bits per heavy atom.